The van der Waals surface area contributed by atoms with Gasteiger partial charge in [-0.3, -0.25) is 0 Å². The lowest BCUT2D eigenvalue weighted by molar-refractivity contribution is 0.128. The number of nitrogen functional groups attached to an aromatic ring is 1. The second-order valence-corrected chi connectivity index (χ2v) is 4.39. The summed E-state index contributed by atoms with van der Waals surface area (Å²) in [5.41, 5.74) is 7.65. The van der Waals surface area contributed by atoms with Gasteiger partial charge in [0.1, 0.15) is 24.0 Å². The highest BCUT2D eigenvalue weighted by molar-refractivity contribution is 5.45. The van der Waals surface area contributed by atoms with Gasteiger partial charge in [-0.05, 0) is 20.8 Å². The van der Waals surface area contributed by atoms with Gasteiger partial charge in [-0.25, -0.2) is 9.97 Å². The summed E-state index contributed by atoms with van der Waals surface area (Å²) in [6.07, 6.45) is 0. The molecule has 0 bridgehead atoms. The largest absolute Gasteiger partial charge is 0.384 e. The van der Waals surface area contributed by atoms with Crippen LogP contribution in [0.25, 0.3) is 0 Å². The average molecular weight is 277 g/mol. The van der Waals surface area contributed by atoms with Crippen molar-refractivity contribution in [2.75, 3.05) is 17.7 Å². The van der Waals surface area contributed by atoms with Gasteiger partial charge in [0.2, 0.25) is 0 Å². The number of nitrogens with zero attached hydrogens (tertiary/aromatic N) is 3. The monoisotopic (exact) mass is 277 g/mol. The van der Waals surface area contributed by atoms with Crippen LogP contribution in [0.1, 0.15) is 29.8 Å². The Morgan fingerprint density at radius 3 is 2.80 bits per heavy atom. The first-order valence-electron chi connectivity index (χ1n) is 6.47. The molecular formula is C13H19N5O2. The molecule has 0 aliphatic carbocycles. The number of ether oxygens (including phenoxy) is 1. The first-order valence-corrected chi connectivity index (χ1v) is 6.47. The zero-order chi connectivity index (χ0) is 14.5. The average Bonchev–Trinajstić information content (AvgIpc) is 2.73. The minimum Gasteiger partial charge on any atom is -0.384 e. The second-order valence-electron chi connectivity index (χ2n) is 4.39. The third kappa shape index (κ3) is 3.45. The van der Waals surface area contributed by atoms with Crippen LogP contribution >= 0.6 is 0 Å². The third-order valence-electron chi connectivity index (χ3n) is 2.86. The maximum atomic E-state index is 5.76. The molecule has 0 saturated carbocycles. The maximum Gasteiger partial charge on any atom is 0.158 e. The number of hydrogen-bond acceptors (Lipinski definition) is 7. The normalized spacial score (nSPS) is 10.8. The Kier molecular flexibility index (Phi) is 4.52. The van der Waals surface area contributed by atoms with Crippen molar-refractivity contribution >= 4 is 11.6 Å². The summed E-state index contributed by atoms with van der Waals surface area (Å²) < 4.78 is 10.4. The van der Waals surface area contributed by atoms with Crippen LogP contribution in [0.2, 0.25) is 0 Å². The number of nitrogens with two attached hydrogens (primary N) is 1. The van der Waals surface area contributed by atoms with Gasteiger partial charge in [0, 0.05) is 24.8 Å². The zero-order valence-electron chi connectivity index (χ0n) is 11.9. The van der Waals surface area contributed by atoms with Crippen molar-refractivity contribution in [2.45, 2.75) is 33.9 Å². The Hall–Kier alpha value is -2.15. The van der Waals surface area contributed by atoms with E-state index in [1.807, 2.05) is 20.8 Å². The van der Waals surface area contributed by atoms with Crippen molar-refractivity contribution in [1.29, 1.82) is 0 Å². The standard InChI is InChI=1S/C13H19N5O2/c1-4-19-7-13-16-11(14)5-12(17-13)15-6-10-8(2)18-20-9(10)3/h5H,4,6-7H2,1-3H3,(H3,14,15,16,17). The molecule has 3 N–H and O–H groups in total. The number of anilines is 2. The smallest absolute Gasteiger partial charge is 0.158 e. The predicted octanol–water partition coefficient (Wildman–Crippen LogP) is 1.81. The van der Waals surface area contributed by atoms with E-state index in [1.54, 1.807) is 6.07 Å². The Morgan fingerprint density at radius 1 is 1.35 bits per heavy atom. The number of nitrogens with one attached hydrogen (secondary N) is 1. The van der Waals surface area contributed by atoms with Crippen LogP contribution in [0.15, 0.2) is 10.6 Å². The van der Waals surface area contributed by atoms with Gasteiger partial charge in [-0.2, -0.15) is 0 Å². The SMILES string of the molecule is CCOCc1nc(N)cc(NCc2c(C)noc2C)n1. The van der Waals surface area contributed by atoms with Crippen molar-refractivity contribution in [1.82, 2.24) is 15.1 Å². The summed E-state index contributed by atoms with van der Waals surface area (Å²) in [6.45, 7) is 7.24. The van der Waals surface area contributed by atoms with Crippen molar-refractivity contribution in [3.8, 4) is 0 Å². The molecule has 0 spiro atoms. The Balaban J connectivity index is 2.07. The Bertz CT molecular complexity index is 563. The molecule has 0 amide bonds. The molecule has 7 heteroatoms. The van der Waals surface area contributed by atoms with Gasteiger partial charge in [0.25, 0.3) is 0 Å². The predicted molar refractivity (Wildman–Crippen MR) is 75.1 cm³/mol. The summed E-state index contributed by atoms with van der Waals surface area (Å²) in [5.74, 6) is 2.43. The number of aromatic nitrogens is 3. The topological polar surface area (TPSA) is 99.1 Å². The van der Waals surface area contributed by atoms with E-state index in [2.05, 4.69) is 20.4 Å². The van der Waals surface area contributed by atoms with Crippen LogP contribution in [-0.2, 0) is 17.9 Å². The van der Waals surface area contributed by atoms with Gasteiger partial charge in [0.15, 0.2) is 5.82 Å². The first kappa shape index (κ1) is 14.3. The van der Waals surface area contributed by atoms with E-state index in [0.717, 1.165) is 17.0 Å². The molecule has 0 atom stereocenters. The van der Waals surface area contributed by atoms with Crippen molar-refractivity contribution in [3.63, 3.8) is 0 Å². The lowest BCUT2D eigenvalue weighted by atomic mass is 10.2. The van der Waals surface area contributed by atoms with Gasteiger partial charge < -0.3 is 20.3 Å². The third-order valence-corrected chi connectivity index (χ3v) is 2.86. The van der Waals surface area contributed by atoms with E-state index < -0.39 is 0 Å². The van der Waals surface area contributed by atoms with Crippen LogP contribution in [0.4, 0.5) is 11.6 Å². The molecule has 0 aliphatic rings. The van der Waals surface area contributed by atoms with Gasteiger partial charge in [-0.1, -0.05) is 5.16 Å². The molecular weight excluding hydrogens is 258 g/mol. The molecule has 2 aromatic heterocycles. The van der Waals surface area contributed by atoms with Crippen LogP contribution in [0.3, 0.4) is 0 Å². The Morgan fingerprint density at radius 2 is 2.15 bits per heavy atom. The lowest BCUT2D eigenvalue weighted by Gasteiger charge is -2.08. The molecule has 108 valence electrons. The molecule has 0 fully saturated rings. The molecule has 0 unspecified atom stereocenters. The number of aryl methyl sites for hydroxylation is 2. The van der Waals surface area contributed by atoms with Crippen LogP contribution < -0.4 is 11.1 Å². The minimum absolute atomic E-state index is 0.349. The highest BCUT2D eigenvalue weighted by Gasteiger charge is 2.09. The van der Waals surface area contributed by atoms with E-state index in [4.69, 9.17) is 15.0 Å². The van der Waals surface area contributed by atoms with E-state index in [-0.39, 0.29) is 0 Å². The second kappa shape index (κ2) is 6.33. The fourth-order valence-electron chi connectivity index (χ4n) is 1.80. The first-order chi connectivity index (χ1) is 9.60. The van der Waals surface area contributed by atoms with Gasteiger partial charge >= 0.3 is 0 Å². The van der Waals surface area contributed by atoms with Crippen molar-refractivity contribution < 1.29 is 9.26 Å². The quantitative estimate of drug-likeness (QED) is 0.830. The van der Waals surface area contributed by atoms with Gasteiger partial charge in [0.05, 0.1) is 5.69 Å². The summed E-state index contributed by atoms with van der Waals surface area (Å²) in [4.78, 5) is 8.47. The molecule has 2 aromatic rings. The van der Waals surface area contributed by atoms with Crippen molar-refractivity contribution in [3.05, 3.63) is 28.9 Å². The fourth-order valence-corrected chi connectivity index (χ4v) is 1.80. The van der Waals surface area contributed by atoms with E-state index in [9.17, 15) is 0 Å². The molecule has 0 saturated heterocycles. The molecule has 7 nitrogen and oxygen atoms in total. The Labute approximate surface area is 117 Å². The van der Waals surface area contributed by atoms with Crippen LogP contribution in [0.5, 0.6) is 0 Å². The molecule has 0 aromatic carbocycles. The van der Waals surface area contributed by atoms with E-state index in [0.29, 0.717) is 37.2 Å². The summed E-state index contributed by atoms with van der Waals surface area (Å²) >= 11 is 0. The number of rotatable bonds is 6. The molecule has 0 radical (unpaired) electrons. The summed E-state index contributed by atoms with van der Waals surface area (Å²) in [7, 11) is 0. The van der Waals surface area contributed by atoms with E-state index in [1.165, 1.54) is 0 Å². The highest BCUT2D eigenvalue weighted by Crippen LogP contribution is 2.15. The zero-order valence-corrected chi connectivity index (χ0v) is 11.9. The molecule has 0 aliphatic heterocycles. The minimum atomic E-state index is 0.349. The maximum absolute atomic E-state index is 5.76. The van der Waals surface area contributed by atoms with Crippen molar-refractivity contribution in [2.24, 2.45) is 0 Å². The van der Waals surface area contributed by atoms with Crippen LogP contribution in [0, 0.1) is 13.8 Å². The summed E-state index contributed by atoms with van der Waals surface area (Å²) in [6, 6.07) is 1.69. The number of hydrogen-bond donors (Lipinski definition) is 2. The molecule has 20 heavy (non-hydrogen) atoms. The lowest BCUT2D eigenvalue weighted by Crippen LogP contribution is -2.08. The fraction of sp³-hybridized carbons (Fsp3) is 0.462. The molecule has 2 rings (SSSR count). The molecule has 2 heterocycles. The summed E-state index contributed by atoms with van der Waals surface area (Å²) in [5, 5.41) is 7.11. The highest BCUT2D eigenvalue weighted by atomic mass is 16.5. The van der Waals surface area contributed by atoms with Gasteiger partial charge in [-0.15, -0.1) is 0 Å². The van der Waals surface area contributed by atoms with Crippen LogP contribution in [-0.4, -0.2) is 21.7 Å². The van der Waals surface area contributed by atoms with E-state index >= 15 is 0 Å².